The second kappa shape index (κ2) is 5.88. The number of nitrogens with zero attached hydrogens (tertiary/aromatic N) is 3. The average Bonchev–Trinajstić information content (AvgIpc) is 3.30. The van der Waals surface area contributed by atoms with Crippen molar-refractivity contribution in [2.75, 3.05) is 18.0 Å². The second-order valence-electron chi connectivity index (χ2n) is 6.60. The molecule has 130 valence electrons. The van der Waals surface area contributed by atoms with E-state index in [4.69, 9.17) is 16.0 Å². The molecule has 5 rings (SSSR count). The number of hydrogen-bond donors (Lipinski definition) is 0. The van der Waals surface area contributed by atoms with Gasteiger partial charge in [-0.15, -0.1) is 0 Å². The van der Waals surface area contributed by atoms with Crippen LogP contribution in [0.2, 0.25) is 5.02 Å². The van der Waals surface area contributed by atoms with Crippen LogP contribution in [0.15, 0.2) is 58.0 Å². The van der Waals surface area contributed by atoms with E-state index in [9.17, 15) is 4.79 Å². The predicted molar refractivity (Wildman–Crippen MR) is 103 cm³/mol. The van der Waals surface area contributed by atoms with Gasteiger partial charge in [0.25, 0.3) is 0 Å². The van der Waals surface area contributed by atoms with E-state index < -0.39 is 0 Å². The maximum Gasteiger partial charge on any atom is 0.345 e. The van der Waals surface area contributed by atoms with Crippen molar-refractivity contribution in [2.24, 2.45) is 0 Å². The minimum absolute atomic E-state index is 0.384. The van der Waals surface area contributed by atoms with Crippen molar-refractivity contribution in [1.29, 1.82) is 0 Å². The Labute approximate surface area is 154 Å². The van der Waals surface area contributed by atoms with E-state index in [0.717, 1.165) is 29.8 Å². The fourth-order valence-corrected chi connectivity index (χ4v) is 3.71. The molecular formula is C20H16ClN3O2. The SMILES string of the molecule is O=c1oc2cc(N3CCCC3)ccc2cc1-c1cn2cc(Cl)ccc2n1. The van der Waals surface area contributed by atoms with Crippen molar-refractivity contribution in [3.8, 4) is 11.3 Å². The van der Waals surface area contributed by atoms with E-state index in [0.29, 0.717) is 21.9 Å². The summed E-state index contributed by atoms with van der Waals surface area (Å²) in [6, 6.07) is 11.5. The van der Waals surface area contributed by atoms with Crippen molar-refractivity contribution in [2.45, 2.75) is 12.8 Å². The van der Waals surface area contributed by atoms with E-state index in [-0.39, 0.29) is 5.63 Å². The van der Waals surface area contributed by atoms with Crippen LogP contribution in [0.4, 0.5) is 5.69 Å². The molecule has 0 N–H and O–H groups in total. The maximum absolute atomic E-state index is 12.6. The Hall–Kier alpha value is -2.79. The maximum atomic E-state index is 12.6. The minimum atomic E-state index is -0.384. The first-order valence-corrected chi connectivity index (χ1v) is 9.03. The first kappa shape index (κ1) is 15.5. The molecule has 4 aromatic rings. The van der Waals surface area contributed by atoms with Gasteiger partial charge in [-0.25, -0.2) is 9.78 Å². The van der Waals surface area contributed by atoms with Gasteiger partial charge in [0, 0.05) is 42.6 Å². The van der Waals surface area contributed by atoms with E-state index in [2.05, 4.69) is 16.0 Å². The quantitative estimate of drug-likeness (QED) is 0.495. The van der Waals surface area contributed by atoms with Gasteiger partial charge < -0.3 is 13.7 Å². The summed E-state index contributed by atoms with van der Waals surface area (Å²) in [6.07, 6.45) is 5.97. The van der Waals surface area contributed by atoms with Crippen LogP contribution in [0.3, 0.4) is 0 Å². The van der Waals surface area contributed by atoms with Crippen LogP contribution in [0.1, 0.15) is 12.8 Å². The summed E-state index contributed by atoms with van der Waals surface area (Å²) in [5.41, 5.74) is 3.08. The third-order valence-electron chi connectivity index (χ3n) is 4.88. The molecule has 6 heteroatoms. The standard InChI is InChI=1S/C20H16ClN3O2/c21-14-4-6-19-22-17(12-24(19)11-14)16-9-13-3-5-15(23-7-1-2-8-23)10-18(13)26-20(16)25/h3-6,9-12H,1-2,7-8H2. The molecule has 1 fully saturated rings. The highest BCUT2D eigenvalue weighted by Gasteiger charge is 2.15. The van der Waals surface area contributed by atoms with Crippen molar-refractivity contribution in [3.63, 3.8) is 0 Å². The van der Waals surface area contributed by atoms with Gasteiger partial charge in [0.2, 0.25) is 0 Å². The molecule has 0 aliphatic carbocycles. The number of imidazole rings is 1. The van der Waals surface area contributed by atoms with Gasteiger partial charge in [0.15, 0.2) is 0 Å². The smallest absolute Gasteiger partial charge is 0.345 e. The van der Waals surface area contributed by atoms with Crippen molar-refractivity contribution in [1.82, 2.24) is 9.38 Å². The Morgan fingerprint density at radius 2 is 1.88 bits per heavy atom. The lowest BCUT2D eigenvalue weighted by atomic mass is 10.1. The fourth-order valence-electron chi connectivity index (χ4n) is 3.54. The van der Waals surface area contributed by atoms with Crippen LogP contribution >= 0.6 is 11.6 Å². The summed E-state index contributed by atoms with van der Waals surface area (Å²) in [6.45, 7) is 2.11. The lowest BCUT2D eigenvalue weighted by Gasteiger charge is -2.17. The molecule has 5 nitrogen and oxygen atoms in total. The number of halogens is 1. The molecule has 4 heterocycles. The Morgan fingerprint density at radius 1 is 1.04 bits per heavy atom. The Balaban J connectivity index is 1.62. The van der Waals surface area contributed by atoms with Crippen LogP contribution in [-0.4, -0.2) is 22.5 Å². The molecule has 0 spiro atoms. The third kappa shape index (κ3) is 2.56. The molecule has 3 aromatic heterocycles. The molecule has 1 aliphatic heterocycles. The van der Waals surface area contributed by atoms with Gasteiger partial charge in [-0.05, 0) is 43.2 Å². The Kier molecular flexibility index (Phi) is 3.50. The summed E-state index contributed by atoms with van der Waals surface area (Å²) in [5, 5.41) is 1.50. The predicted octanol–water partition coefficient (Wildman–Crippen LogP) is 4.36. The monoisotopic (exact) mass is 365 g/mol. The Bertz CT molecular complexity index is 1190. The van der Waals surface area contributed by atoms with Crippen LogP contribution in [-0.2, 0) is 0 Å². The summed E-state index contributed by atoms with van der Waals surface area (Å²) < 4.78 is 7.41. The number of rotatable bonds is 2. The molecular weight excluding hydrogens is 350 g/mol. The first-order chi connectivity index (χ1) is 12.7. The molecule has 26 heavy (non-hydrogen) atoms. The highest BCUT2D eigenvalue weighted by atomic mass is 35.5. The molecule has 0 saturated carbocycles. The van der Waals surface area contributed by atoms with Gasteiger partial charge in [-0.2, -0.15) is 0 Å². The number of hydrogen-bond acceptors (Lipinski definition) is 4. The van der Waals surface area contributed by atoms with Gasteiger partial charge in [-0.1, -0.05) is 11.6 Å². The summed E-state index contributed by atoms with van der Waals surface area (Å²) >= 11 is 6.02. The first-order valence-electron chi connectivity index (χ1n) is 8.65. The molecule has 0 unspecified atom stereocenters. The number of aromatic nitrogens is 2. The minimum Gasteiger partial charge on any atom is -0.422 e. The normalized spacial score (nSPS) is 14.6. The average molecular weight is 366 g/mol. The fraction of sp³-hybridized carbons (Fsp3) is 0.200. The van der Waals surface area contributed by atoms with Crippen LogP contribution < -0.4 is 10.5 Å². The lowest BCUT2D eigenvalue weighted by molar-refractivity contribution is 0.563. The largest absolute Gasteiger partial charge is 0.422 e. The van der Waals surface area contributed by atoms with Gasteiger partial charge in [-0.3, -0.25) is 0 Å². The highest BCUT2D eigenvalue weighted by Crippen LogP contribution is 2.27. The van der Waals surface area contributed by atoms with E-state index in [1.807, 2.05) is 24.3 Å². The topological polar surface area (TPSA) is 50.8 Å². The number of benzene rings is 1. The lowest BCUT2D eigenvalue weighted by Crippen LogP contribution is -2.17. The van der Waals surface area contributed by atoms with Crippen molar-refractivity contribution < 1.29 is 4.42 Å². The highest BCUT2D eigenvalue weighted by molar-refractivity contribution is 6.30. The summed E-state index contributed by atoms with van der Waals surface area (Å²) in [7, 11) is 0. The van der Waals surface area contributed by atoms with E-state index in [1.54, 1.807) is 22.9 Å². The van der Waals surface area contributed by atoms with Crippen LogP contribution in [0.25, 0.3) is 27.9 Å². The van der Waals surface area contributed by atoms with Gasteiger partial charge in [0.05, 0.1) is 16.3 Å². The number of fused-ring (bicyclic) bond motifs is 2. The van der Waals surface area contributed by atoms with Crippen molar-refractivity contribution >= 4 is 33.9 Å². The second-order valence-corrected chi connectivity index (χ2v) is 7.04. The molecule has 1 aliphatic rings. The van der Waals surface area contributed by atoms with E-state index in [1.165, 1.54) is 12.8 Å². The molecule has 0 amide bonds. The zero-order chi connectivity index (χ0) is 17.7. The zero-order valence-corrected chi connectivity index (χ0v) is 14.7. The third-order valence-corrected chi connectivity index (χ3v) is 5.11. The molecule has 0 bridgehead atoms. The zero-order valence-electron chi connectivity index (χ0n) is 14.0. The molecule has 0 atom stereocenters. The Morgan fingerprint density at radius 3 is 2.73 bits per heavy atom. The molecule has 1 saturated heterocycles. The van der Waals surface area contributed by atoms with E-state index >= 15 is 0 Å². The van der Waals surface area contributed by atoms with Gasteiger partial charge >= 0.3 is 5.63 Å². The summed E-state index contributed by atoms with van der Waals surface area (Å²) in [4.78, 5) is 19.4. The van der Waals surface area contributed by atoms with Crippen molar-refractivity contribution in [3.05, 3.63) is 64.2 Å². The van der Waals surface area contributed by atoms with Gasteiger partial charge in [0.1, 0.15) is 11.2 Å². The summed E-state index contributed by atoms with van der Waals surface area (Å²) in [5.74, 6) is 0. The number of pyridine rings is 1. The van der Waals surface area contributed by atoms with Crippen LogP contribution in [0, 0.1) is 0 Å². The van der Waals surface area contributed by atoms with Crippen LogP contribution in [0.5, 0.6) is 0 Å². The molecule has 0 radical (unpaired) electrons. The number of anilines is 1. The molecule has 1 aromatic carbocycles.